The number of nitrogens with one attached hydrogen (secondary N) is 1. The summed E-state index contributed by atoms with van der Waals surface area (Å²) < 4.78 is 22.7. The first-order chi connectivity index (χ1) is 30.6. The van der Waals surface area contributed by atoms with E-state index in [1.165, 1.54) is 135 Å². The first-order valence-electron chi connectivity index (χ1n) is 25.8. The van der Waals surface area contributed by atoms with Gasteiger partial charge in [-0.2, -0.15) is 0 Å². The van der Waals surface area contributed by atoms with Gasteiger partial charge in [0, 0.05) is 6.42 Å². The molecule has 2 saturated heterocycles. The van der Waals surface area contributed by atoms with E-state index in [1.54, 1.807) is 0 Å². The number of carbonyl (C=O) groups is 1. The fourth-order valence-corrected chi connectivity index (χ4v) is 8.83. The van der Waals surface area contributed by atoms with E-state index in [1.807, 2.05) is 0 Å². The number of carbonyl (C=O) groups excluding carboxylic acids is 1. The van der Waals surface area contributed by atoms with Gasteiger partial charge in [-0.25, -0.2) is 0 Å². The maximum Gasteiger partial charge on any atom is 0.220 e. The van der Waals surface area contributed by atoms with Crippen LogP contribution in [0.2, 0.25) is 0 Å². The molecule has 2 heterocycles. The molecule has 63 heavy (non-hydrogen) atoms. The van der Waals surface area contributed by atoms with Crippen molar-refractivity contribution < 1.29 is 64.6 Å². The van der Waals surface area contributed by atoms with E-state index in [2.05, 4.69) is 19.2 Å². The third-order valence-corrected chi connectivity index (χ3v) is 13.1. The summed E-state index contributed by atoms with van der Waals surface area (Å²) in [5.74, 6) is -0.205. The van der Waals surface area contributed by atoms with Gasteiger partial charge >= 0.3 is 0 Å². The number of hydrogen-bond acceptors (Lipinski definition) is 13. The predicted octanol–water partition coefficient (Wildman–Crippen LogP) is 6.61. The maximum absolute atomic E-state index is 13.2. The van der Waals surface area contributed by atoms with Gasteiger partial charge in [0.1, 0.15) is 48.8 Å². The Labute approximate surface area is 381 Å². The number of hydrogen-bond donors (Lipinski definition) is 9. The Hall–Kier alpha value is -1.01. The summed E-state index contributed by atoms with van der Waals surface area (Å²) >= 11 is 0. The van der Waals surface area contributed by atoms with E-state index in [4.69, 9.17) is 18.9 Å². The fourth-order valence-electron chi connectivity index (χ4n) is 8.83. The van der Waals surface area contributed by atoms with Crippen LogP contribution in [-0.4, -0.2) is 140 Å². The molecule has 14 heteroatoms. The molecule has 0 spiro atoms. The molecule has 374 valence electrons. The van der Waals surface area contributed by atoms with Gasteiger partial charge in [-0.15, -0.1) is 0 Å². The Morgan fingerprint density at radius 2 is 0.905 bits per heavy atom. The van der Waals surface area contributed by atoms with E-state index < -0.39 is 86.8 Å². The molecule has 1 amide bonds. The summed E-state index contributed by atoms with van der Waals surface area (Å²) in [6.07, 6.45) is 19.7. The molecular formula is C49H95NO13. The topological polar surface area (TPSA) is 228 Å². The lowest BCUT2D eigenvalue weighted by atomic mass is 9.97. The minimum atomic E-state index is -1.78. The molecule has 0 saturated carbocycles. The molecule has 0 aliphatic carbocycles. The molecule has 0 aromatic heterocycles. The molecule has 2 aliphatic rings. The second kappa shape index (κ2) is 37.0. The summed E-state index contributed by atoms with van der Waals surface area (Å²) in [6.45, 7) is 2.84. The van der Waals surface area contributed by atoms with Gasteiger partial charge in [-0.3, -0.25) is 4.79 Å². The minimum absolute atomic E-state index is 0.205. The quantitative estimate of drug-likeness (QED) is 0.0296. The number of amides is 1. The van der Waals surface area contributed by atoms with Gasteiger partial charge in [0.05, 0.1) is 32.0 Å². The van der Waals surface area contributed by atoms with Crippen LogP contribution in [-0.2, 0) is 23.7 Å². The predicted molar refractivity (Wildman–Crippen MR) is 245 cm³/mol. The zero-order valence-corrected chi connectivity index (χ0v) is 39.6. The van der Waals surface area contributed by atoms with Gasteiger partial charge in [0.25, 0.3) is 0 Å². The van der Waals surface area contributed by atoms with Crippen molar-refractivity contribution in [2.75, 3.05) is 19.8 Å². The van der Waals surface area contributed by atoms with Crippen LogP contribution >= 0.6 is 0 Å². The average molecular weight is 906 g/mol. The van der Waals surface area contributed by atoms with Crippen LogP contribution in [0.1, 0.15) is 213 Å². The molecule has 0 bridgehead atoms. The monoisotopic (exact) mass is 906 g/mol. The highest BCUT2D eigenvalue weighted by atomic mass is 16.7. The van der Waals surface area contributed by atoms with E-state index >= 15 is 0 Å². The largest absolute Gasteiger partial charge is 0.394 e. The van der Waals surface area contributed by atoms with E-state index in [-0.39, 0.29) is 12.5 Å². The van der Waals surface area contributed by atoms with Crippen molar-refractivity contribution in [3.63, 3.8) is 0 Å². The lowest BCUT2D eigenvalue weighted by Crippen LogP contribution is -2.65. The highest BCUT2D eigenvalue weighted by Gasteiger charge is 2.51. The average Bonchev–Trinajstić information content (AvgIpc) is 3.28. The summed E-state index contributed by atoms with van der Waals surface area (Å²) in [5, 5.41) is 86.7. The lowest BCUT2D eigenvalue weighted by Gasteiger charge is -2.46. The van der Waals surface area contributed by atoms with Gasteiger partial charge in [0.2, 0.25) is 5.91 Å². The summed E-state index contributed by atoms with van der Waals surface area (Å²) in [5.41, 5.74) is 0. The Morgan fingerprint density at radius 3 is 1.35 bits per heavy atom. The second-order valence-corrected chi connectivity index (χ2v) is 18.7. The van der Waals surface area contributed by atoms with Gasteiger partial charge < -0.3 is 65.1 Å². The fraction of sp³-hybridized carbons (Fsp3) is 0.980. The highest BCUT2D eigenvalue weighted by Crippen LogP contribution is 2.30. The van der Waals surface area contributed by atoms with Crippen LogP contribution < -0.4 is 5.32 Å². The Morgan fingerprint density at radius 1 is 0.508 bits per heavy atom. The lowest BCUT2D eigenvalue weighted by molar-refractivity contribution is -0.359. The molecule has 2 rings (SSSR count). The van der Waals surface area contributed by atoms with Crippen LogP contribution in [0.15, 0.2) is 0 Å². The number of ether oxygens (including phenoxy) is 4. The molecule has 12 atom stereocenters. The third-order valence-electron chi connectivity index (χ3n) is 13.1. The van der Waals surface area contributed by atoms with Crippen molar-refractivity contribution in [3.8, 4) is 0 Å². The van der Waals surface area contributed by atoms with Gasteiger partial charge in [0.15, 0.2) is 12.6 Å². The van der Waals surface area contributed by atoms with Crippen LogP contribution in [0, 0.1) is 0 Å². The molecule has 14 nitrogen and oxygen atoms in total. The van der Waals surface area contributed by atoms with Crippen LogP contribution in [0.5, 0.6) is 0 Å². The first-order valence-corrected chi connectivity index (χ1v) is 25.8. The summed E-state index contributed by atoms with van der Waals surface area (Å²) in [6, 6.07) is -0.819. The summed E-state index contributed by atoms with van der Waals surface area (Å²) in [7, 11) is 0. The third kappa shape index (κ3) is 24.5. The van der Waals surface area contributed by atoms with Crippen molar-refractivity contribution in [2.45, 2.75) is 286 Å². The van der Waals surface area contributed by atoms with Crippen molar-refractivity contribution in [1.29, 1.82) is 0 Å². The molecule has 0 aromatic rings. The van der Waals surface area contributed by atoms with Gasteiger partial charge in [-0.1, -0.05) is 194 Å². The van der Waals surface area contributed by atoms with Crippen molar-refractivity contribution in [3.05, 3.63) is 0 Å². The first kappa shape index (κ1) is 58.1. The number of aliphatic hydroxyl groups is 8. The molecule has 0 radical (unpaired) electrons. The Kier molecular flexibility index (Phi) is 34.2. The second-order valence-electron chi connectivity index (χ2n) is 18.7. The van der Waals surface area contributed by atoms with E-state index in [0.29, 0.717) is 12.8 Å². The van der Waals surface area contributed by atoms with Gasteiger partial charge in [-0.05, 0) is 12.8 Å². The smallest absolute Gasteiger partial charge is 0.220 e. The summed E-state index contributed by atoms with van der Waals surface area (Å²) in [4.78, 5) is 13.2. The van der Waals surface area contributed by atoms with Crippen LogP contribution in [0.25, 0.3) is 0 Å². The molecule has 2 aliphatic heterocycles. The minimum Gasteiger partial charge on any atom is -0.394 e. The molecule has 12 unspecified atom stereocenters. The number of rotatable bonds is 40. The maximum atomic E-state index is 13.2. The Balaban J connectivity index is 1.78. The standard InChI is InChI=1S/C49H95NO13/c1-3-5-7-9-11-13-15-16-17-18-19-20-21-22-23-25-27-29-31-33-41(54)50-37(38(53)32-30-28-26-24-14-12-10-8-6-4-2)36-60-48-46(59)44(57)47(40(35-52)62-48)63-49-45(58)43(56)42(55)39(34-51)61-49/h37-40,42-49,51-53,55-59H,3-36H2,1-2H3,(H,50,54). The zero-order valence-electron chi connectivity index (χ0n) is 39.6. The molecule has 2 fully saturated rings. The molecule has 0 aromatic carbocycles. The van der Waals surface area contributed by atoms with Crippen molar-refractivity contribution in [1.82, 2.24) is 5.32 Å². The van der Waals surface area contributed by atoms with E-state index in [0.717, 1.165) is 51.4 Å². The zero-order chi connectivity index (χ0) is 46.1. The van der Waals surface area contributed by atoms with Crippen LogP contribution in [0.3, 0.4) is 0 Å². The van der Waals surface area contributed by atoms with Crippen LogP contribution in [0.4, 0.5) is 0 Å². The van der Waals surface area contributed by atoms with E-state index in [9.17, 15) is 45.6 Å². The molecular weight excluding hydrogens is 811 g/mol. The normalized spacial score (nSPS) is 27.4. The Bertz CT molecular complexity index is 1070. The number of aliphatic hydroxyl groups excluding tert-OH is 8. The van der Waals surface area contributed by atoms with Crippen molar-refractivity contribution >= 4 is 5.91 Å². The SMILES string of the molecule is CCCCCCCCCCCCCCCCCCCCCC(=O)NC(COC1OC(CO)C(OC2OC(CO)C(O)C(O)C2O)C(O)C1O)C(O)CCCCCCCCCCCC. The van der Waals surface area contributed by atoms with Crippen molar-refractivity contribution in [2.24, 2.45) is 0 Å². The molecule has 9 N–H and O–H groups in total. The highest BCUT2D eigenvalue weighted by molar-refractivity contribution is 5.76. The number of unbranched alkanes of at least 4 members (excludes halogenated alkanes) is 27.